The number of rotatable bonds is 10. The van der Waals surface area contributed by atoms with E-state index >= 15 is 0 Å². The molecule has 0 fully saturated rings. The van der Waals surface area contributed by atoms with Gasteiger partial charge in [-0.3, -0.25) is 14.4 Å². The van der Waals surface area contributed by atoms with Crippen LogP contribution in [-0.4, -0.2) is 51.9 Å². The van der Waals surface area contributed by atoms with Crippen LogP contribution in [0.15, 0.2) is 18.2 Å². The van der Waals surface area contributed by atoms with Crippen LogP contribution < -0.4 is 16.4 Å². The van der Waals surface area contributed by atoms with Crippen LogP contribution in [-0.2, 0) is 19.1 Å². The summed E-state index contributed by atoms with van der Waals surface area (Å²) in [4.78, 5) is 53.7. The molecule has 9 heteroatoms. The monoisotopic (exact) mass is 504 g/mol. The number of primary amides is 1. The molecular weight excluding hydrogens is 460 g/mol. The van der Waals surface area contributed by atoms with Gasteiger partial charge in [-0.05, 0) is 79.9 Å². The summed E-state index contributed by atoms with van der Waals surface area (Å²) in [5.41, 5.74) is 6.33. The summed E-state index contributed by atoms with van der Waals surface area (Å²) in [6, 6.07) is 3.18. The number of nitrogens with two attached hydrogens (primary N) is 1. The first-order valence-corrected chi connectivity index (χ1v) is 12.4. The molecule has 0 aliphatic carbocycles. The number of alkyl carbamates (subject to hydrolysis) is 1. The number of hydrogen-bond acceptors (Lipinski definition) is 5. The predicted molar refractivity (Wildman–Crippen MR) is 140 cm³/mol. The first kappa shape index (κ1) is 30.9. The van der Waals surface area contributed by atoms with E-state index in [4.69, 9.17) is 10.5 Å². The van der Waals surface area contributed by atoms with Crippen molar-refractivity contribution in [3.8, 4) is 0 Å². The van der Waals surface area contributed by atoms with Crippen LogP contribution in [0.3, 0.4) is 0 Å². The Kier molecular flexibility index (Phi) is 10.5. The van der Waals surface area contributed by atoms with E-state index in [-0.39, 0.29) is 11.9 Å². The van der Waals surface area contributed by atoms with E-state index in [0.29, 0.717) is 12.0 Å². The number of ether oxygens (including phenoxy) is 1. The lowest BCUT2D eigenvalue weighted by Gasteiger charge is -2.45. The van der Waals surface area contributed by atoms with Crippen LogP contribution in [0.2, 0.25) is 0 Å². The molecule has 0 saturated carbocycles. The molecule has 2 atom stereocenters. The Labute approximate surface area is 215 Å². The van der Waals surface area contributed by atoms with Crippen LogP contribution in [0, 0.1) is 13.8 Å². The molecule has 0 radical (unpaired) electrons. The SMILES string of the molecule is CCC(C)(C)N(C(=O)C(CC(N)=O)NC(=O)OC(C)(C)C)C(C(=O)NC(C)C)c1ccc(C)cc1C. The van der Waals surface area contributed by atoms with Crippen molar-refractivity contribution in [1.82, 2.24) is 15.5 Å². The molecule has 2 unspecified atom stereocenters. The van der Waals surface area contributed by atoms with Crippen molar-refractivity contribution in [1.29, 1.82) is 0 Å². The van der Waals surface area contributed by atoms with Crippen LogP contribution in [0.4, 0.5) is 4.79 Å². The molecule has 0 bridgehead atoms. The molecule has 202 valence electrons. The van der Waals surface area contributed by atoms with Gasteiger partial charge in [-0.25, -0.2) is 4.79 Å². The molecule has 36 heavy (non-hydrogen) atoms. The van der Waals surface area contributed by atoms with Gasteiger partial charge < -0.3 is 26.0 Å². The normalized spacial score (nSPS) is 13.5. The number of hydrogen-bond donors (Lipinski definition) is 3. The van der Waals surface area contributed by atoms with Crippen molar-refractivity contribution in [3.05, 3.63) is 34.9 Å². The standard InChI is InChI=1S/C27H44N4O5/c1-11-27(9,10)31(24(34)20(15-21(28)32)30-25(35)36-26(6,7)8)22(23(33)29-16(2)3)19-13-12-17(4)14-18(19)5/h12-14,16,20,22H,11,15H2,1-10H3,(H2,28,32)(H,29,33)(H,30,35). The molecule has 0 aromatic heterocycles. The fourth-order valence-corrected chi connectivity index (χ4v) is 3.86. The zero-order chi connectivity index (χ0) is 28.0. The first-order chi connectivity index (χ1) is 16.4. The minimum absolute atomic E-state index is 0.172. The van der Waals surface area contributed by atoms with E-state index in [9.17, 15) is 19.2 Å². The van der Waals surface area contributed by atoms with Crippen molar-refractivity contribution >= 4 is 23.8 Å². The van der Waals surface area contributed by atoms with E-state index < -0.39 is 47.6 Å². The largest absolute Gasteiger partial charge is 0.444 e. The van der Waals surface area contributed by atoms with Gasteiger partial charge in [0.1, 0.15) is 17.7 Å². The highest BCUT2D eigenvalue weighted by atomic mass is 16.6. The topological polar surface area (TPSA) is 131 Å². The second-order valence-electron chi connectivity index (χ2n) is 11.2. The highest BCUT2D eigenvalue weighted by molar-refractivity contribution is 5.95. The van der Waals surface area contributed by atoms with Crippen molar-refractivity contribution in [3.63, 3.8) is 0 Å². The lowest BCUT2D eigenvalue weighted by atomic mass is 9.89. The summed E-state index contributed by atoms with van der Waals surface area (Å²) in [6.07, 6.45) is -0.795. The smallest absolute Gasteiger partial charge is 0.408 e. The summed E-state index contributed by atoms with van der Waals surface area (Å²) in [7, 11) is 0. The highest BCUT2D eigenvalue weighted by Gasteiger charge is 2.44. The number of carbonyl (C=O) groups is 4. The van der Waals surface area contributed by atoms with E-state index in [0.717, 1.165) is 11.1 Å². The zero-order valence-electron chi connectivity index (χ0n) is 23.4. The Bertz CT molecular complexity index is 965. The van der Waals surface area contributed by atoms with E-state index in [1.165, 1.54) is 4.90 Å². The number of nitrogens with one attached hydrogen (secondary N) is 2. The lowest BCUT2D eigenvalue weighted by Crippen LogP contribution is -2.60. The molecule has 1 aromatic rings. The van der Waals surface area contributed by atoms with Gasteiger partial charge in [0.15, 0.2) is 0 Å². The third-order valence-corrected chi connectivity index (χ3v) is 5.81. The van der Waals surface area contributed by atoms with Crippen molar-refractivity contribution in [2.24, 2.45) is 5.73 Å². The second-order valence-corrected chi connectivity index (χ2v) is 11.2. The second kappa shape index (κ2) is 12.2. The summed E-state index contributed by atoms with van der Waals surface area (Å²) in [5, 5.41) is 5.44. The number of aryl methyl sites for hydroxylation is 2. The fourth-order valence-electron chi connectivity index (χ4n) is 3.86. The molecule has 0 saturated heterocycles. The van der Waals surface area contributed by atoms with Crippen molar-refractivity contribution in [2.45, 2.75) is 111 Å². The third kappa shape index (κ3) is 8.84. The zero-order valence-corrected chi connectivity index (χ0v) is 23.4. The Hall–Kier alpha value is -3.10. The number of nitrogens with zero attached hydrogens (tertiary/aromatic N) is 1. The molecule has 4 amide bonds. The maximum absolute atomic E-state index is 14.1. The van der Waals surface area contributed by atoms with Crippen LogP contribution in [0.25, 0.3) is 0 Å². The molecular formula is C27H44N4O5. The number of carbonyl (C=O) groups excluding carboxylic acids is 4. The summed E-state index contributed by atoms with van der Waals surface area (Å²) in [6.45, 7) is 18.2. The van der Waals surface area contributed by atoms with Crippen molar-refractivity contribution in [2.75, 3.05) is 0 Å². The summed E-state index contributed by atoms with van der Waals surface area (Å²) in [5.74, 6) is -1.73. The van der Waals surface area contributed by atoms with Crippen LogP contribution in [0.5, 0.6) is 0 Å². The molecule has 0 heterocycles. The molecule has 1 rings (SSSR count). The lowest BCUT2D eigenvalue weighted by molar-refractivity contribution is -0.150. The average Bonchev–Trinajstić information content (AvgIpc) is 2.69. The Balaban J connectivity index is 3.72. The molecule has 0 spiro atoms. The molecule has 0 aliphatic rings. The van der Waals surface area contributed by atoms with Gasteiger partial charge in [-0.1, -0.05) is 30.7 Å². The highest BCUT2D eigenvalue weighted by Crippen LogP contribution is 2.34. The molecule has 9 nitrogen and oxygen atoms in total. The predicted octanol–water partition coefficient (Wildman–Crippen LogP) is 3.66. The quantitative estimate of drug-likeness (QED) is 0.448. The van der Waals surface area contributed by atoms with Gasteiger partial charge in [0.2, 0.25) is 17.7 Å². The van der Waals surface area contributed by atoms with Gasteiger partial charge in [0, 0.05) is 11.6 Å². The Morgan fingerprint density at radius 1 is 1.03 bits per heavy atom. The van der Waals surface area contributed by atoms with Crippen LogP contribution in [0.1, 0.15) is 91.0 Å². The average molecular weight is 505 g/mol. The molecule has 4 N–H and O–H groups in total. The van der Waals surface area contributed by atoms with Gasteiger partial charge in [-0.2, -0.15) is 0 Å². The molecule has 0 aliphatic heterocycles. The minimum atomic E-state index is -1.32. The van der Waals surface area contributed by atoms with Gasteiger partial charge in [0.25, 0.3) is 0 Å². The maximum Gasteiger partial charge on any atom is 0.408 e. The molecule has 1 aromatic carbocycles. The van der Waals surface area contributed by atoms with Gasteiger partial charge in [-0.15, -0.1) is 0 Å². The number of amides is 4. The Morgan fingerprint density at radius 3 is 2.06 bits per heavy atom. The fraction of sp³-hybridized carbons (Fsp3) is 0.630. The maximum atomic E-state index is 14.1. The van der Waals surface area contributed by atoms with E-state index in [2.05, 4.69) is 10.6 Å². The van der Waals surface area contributed by atoms with Crippen LogP contribution >= 0.6 is 0 Å². The number of benzene rings is 1. The van der Waals surface area contributed by atoms with Gasteiger partial charge in [0.05, 0.1) is 6.42 Å². The Morgan fingerprint density at radius 2 is 1.61 bits per heavy atom. The van der Waals surface area contributed by atoms with Gasteiger partial charge >= 0.3 is 6.09 Å². The third-order valence-electron chi connectivity index (χ3n) is 5.81. The summed E-state index contributed by atoms with van der Waals surface area (Å²) >= 11 is 0. The van der Waals surface area contributed by atoms with Crippen molar-refractivity contribution < 1.29 is 23.9 Å². The van der Waals surface area contributed by atoms with E-state index in [1.54, 1.807) is 20.8 Å². The minimum Gasteiger partial charge on any atom is -0.444 e. The van der Waals surface area contributed by atoms with E-state index in [1.807, 2.05) is 66.7 Å². The summed E-state index contributed by atoms with van der Waals surface area (Å²) < 4.78 is 5.32. The first-order valence-electron chi connectivity index (χ1n) is 12.4.